The number of benzene rings is 3. The molecule has 0 saturated heterocycles. The Labute approximate surface area is 179 Å². The molecule has 0 radical (unpaired) electrons. The van der Waals surface area contributed by atoms with Crippen molar-refractivity contribution in [2.24, 2.45) is 0 Å². The molecule has 4 rings (SSSR count). The van der Waals surface area contributed by atoms with E-state index in [1.54, 1.807) is 18.2 Å². The molecule has 0 unspecified atom stereocenters. The van der Waals surface area contributed by atoms with Crippen molar-refractivity contribution in [2.75, 3.05) is 16.6 Å². The molecule has 7 nitrogen and oxygen atoms in total. The minimum atomic E-state index is -3.78. The SMILES string of the molecule is O=C(COc1cccc2ccccc12)Nc1ccc(S(=O)(=O)Nc2ccccn2)cc1. The van der Waals surface area contributed by atoms with Crippen LogP contribution in [-0.4, -0.2) is 25.9 Å². The third kappa shape index (κ3) is 4.99. The first-order valence-corrected chi connectivity index (χ1v) is 10.9. The highest BCUT2D eigenvalue weighted by Gasteiger charge is 2.15. The number of ether oxygens (including phenoxy) is 1. The highest BCUT2D eigenvalue weighted by molar-refractivity contribution is 7.92. The molecule has 3 aromatic carbocycles. The third-order valence-corrected chi connectivity index (χ3v) is 5.83. The zero-order valence-electron chi connectivity index (χ0n) is 16.4. The van der Waals surface area contributed by atoms with Crippen LogP contribution in [0.2, 0.25) is 0 Å². The molecule has 0 bridgehead atoms. The number of aromatic nitrogens is 1. The van der Waals surface area contributed by atoms with E-state index in [4.69, 9.17) is 4.74 Å². The van der Waals surface area contributed by atoms with Crippen molar-refractivity contribution < 1.29 is 17.9 Å². The van der Waals surface area contributed by atoms with Crippen LogP contribution in [0.4, 0.5) is 11.5 Å². The first-order chi connectivity index (χ1) is 15.0. The van der Waals surface area contributed by atoms with Crippen molar-refractivity contribution in [3.63, 3.8) is 0 Å². The lowest BCUT2D eigenvalue weighted by Crippen LogP contribution is -2.20. The molecule has 0 aliphatic heterocycles. The van der Waals surface area contributed by atoms with E-state index in [1.807, 2.05) is 42.5 Å². The van der Waals surface area contributed by atoms with Gasteiger partial charge in [0.25, 0.3) is 15.9 Å². The molecule has 1 heterocycles. The number of sulfonamides is 1. The van der Waals surface area contributed by atoms with Crippen LogP contribution in [0, 0.1) is 0 Å². The lowest BCUT2D eigenvalue weighted by atomic mass is 10.1. The van der Waals surface area contributed by atoms with Crippen LogP contribution >= 0.6 is 0 Å². The number of hydrogen-bond donors (Lipinski definition) is 2. The van der Waals surface area contributed by atoms with Gasteiger partial charge in [-0.15, -0.1) is 0 Å². The monoisotopic (exact) mass is 433 g/mol. The zero-order chi connectivity index (χ0) is 21.7. The van der Waals surface area contributed by atoms with Crippen LogP contribution in [0.25, 0.3) is 10.8 Å². The van der Waals surface area contributed by atoms with Gasteiger partial charge in [-0.25, -0.2) is 13.4 Å². The van der Waals surface area contributed by atoms with Crippen molar-refractivity contribution in [1.29, 1.82) is 0 Å². The largest absolute Gasteiger partial charge is 0.483 e. The van der Waals surface area contributed by atoms with Gasteiger partial charge in [0.15, 0.2) is 6.61 Å². The lowest BCUT2D eigenvalue weighted by molar-refractivity contribution is -0.118. The van der Waals surface area contributed by atoms with Crippen LogP contribution in [0.15, 0.2) is 96.0 Å². The third-order valence-electron chi connectivity index (χ3n) is 4.46. The fraction of sp³-hybridized carbons (Fsp3) is 0.0435. The fourth-order valence-electron chi connectivity index (χ4n) is 3.00. The number of fused-ring (bicyclic) bond motifs is 1. The van der Waals surface area contributed by atoms with E-state index in [1.165, 1.54) is 30.5 Å². The van der Waals surface area contributed by atoms with Crippen molar-refractivity contribution in [1.82, 2.24) is 4.98 Å². The number of anilines is 2. The quantitative estimate of drug-likeness (QED) is 0.458. The summed E-state index contributed by atoms with van der Waals surface area (Å²) < 4.78 is 33.0. The summed E-state index contributed by atoms with van der Waals surface area (Å²) in [7, 11) is -3.78. The first-order valence-electron chi connectivity index (χ1n) is 9.46. The van der Waals surface area contributed by atoms with Gasteiger partial charge < -0.3 is 10.1 Å². The van der Waals surface area contributed by atoms with Gasteiger partial charge in [-0.05, 0) is 47.9 Å². The van der Waals surface area contributed by atoms with Gasteiger partial charge in [-0.3, -0.25) is 9.52 Å². The predicted octanol–water partition coefficient (Wildman–Crippen LogP) is 4.05. The molecule has 0 spiro atoms. The normalized spacial score (nSPS) is 11.1. The van der Waals surface area contributed by atoms with E-state index >= 15 is 0 Å². The molecule has 4 aromatic rings. The van der Waals surface area contributed by atoms with Crippen molar-refractivity contribution >= 4 is 38.2 Å². The Balaban J connectivity index is 1.38. The maximum absolute atomic E-state index is 12.4. The maximum Gasteiger partial charge on any atom is 0.263 e. The summed E-state index contributed by atoms with van der Waals surface area (Å²) in [5.74, 6) is 0.496. The molecule has 0 fully saturated rings. The number of nitrogens with one attached hydrogen (secondary N) is 2. The molecule has 8 heteroatoms. The Kier molecular flexibility index (Phi) is 5.81. The highest BCUT2D eigenvalue weighted by Crippen LogP contribution is 2.25. The van der Waals surface area contributed by atoms with Gasteiger partial charge in [-0.1, -0.05) is 42.5 Å². The van der Waals surface area contributed by atoms with E-state index < -0.39 is 10.0 Å². The second kappa shape index (κ2) is 8.85. The Morgan fingerprint density at radius 1 is 0.871 bits per heavy atom. The topological polar surface area (TPSA) is 97.4 Å². The predicted molar refractivity (Wildman–Crippen MR) is 120 cm³/mol. The molecular weight excluding hydrogens is 414 g/mol. The van der Waals surface area contributed by atoms with Crippen molar-refractivity contribution in [2.45, 2.75) is 4.90 Å². The standard InChI is InChI=1S/C23H19N3O4S/c27-23(16-30-21-9-5-7-17-6-1-2-8-20(17)21)25-18-11-13-19(14-12-18)31(28,29)26-22-10-3-4-15-24-22/h1-15H,16H2,(H,24,26)(H,25,27). The van der Waals surface area contributed by atoms with Gasteiger partial charge in [0.1, 0.15) is 11.6 Å². The summed E-state index contributed by atoms with van der Waals surface area (Å²) >= 11 is 0. The number of carbonyl (C=O) groups is 1. The second-order valence-electron chi connectivity index (χ2n) is 6.66. The number of rotatable bonds is 7. The summed E-state index contributed by atoms with van der Waals surface area (Å²) in [5, 5.41) is 4.65. The summed E-state index contributed by atoms with van der Waals surface area (Å²) in [6, 6.07) is 24.2. The Morgan fingerprint density at radius 3 is 2.39 bits per heavy atom. The number of hydrogen-bond acceptors (Lipinski definition) is 5. The van der Waals surface area contributed by atoms with Crippen LogP contribution in [0.5, 0.6) is 5.75 Å². The van der Waals surface area contributed by atoms with E-state index in [-0.39, 0.29) is 23.2 Å². The molecule has 1 amide bonds. The molecule has 31 heavy (non-hydrogen) atoms. The molecule has 0 aliphatic rings. The molecule has 0 saturated carbocycles. The lowest BCUT2D eigenvalue weighted by Gasteiger charge is -2.11. The molecular formula is C23H19N3O4S. The Bertz CT molecular complexity index is 1300. The minimum Gasteiger partial charge on any atom is -0.483 e. The smallest absolute Gasteiger partial charge is 0.263 e. The van der Waals surface area contributed by atoms with Crippen molar-refractivity contribution in [3.8, 4) is 5.75 Å². The summed E-state index contributed by atoms with van der Waals surface area (Å²) in [6.07, 6.45) is 1.50. The van der Waals surface area contributed by atoms with E-state index in [9.17, 15) is 13.2 Å². The Hall–Kier alpha value is -3.91. The van der Waals surface area contributed by atoms with E-state index in [2.05, 4.69) is 15.0 Å². The van der Waals surface area contributed by atoms with Crippen LogP contribution in [0.3, 0.4) is 0 Å². The first kappa shape index (κ1) is 20.4. The second-order valence-corrected chi connectivity index (χ2v) is 8.34. The maximum atomic E-state index is 12.4. The molecule has 1 aromatic heterocycles. The fourth-order valence-corrected chi connectivity index (χ4v) is 4.01. The Morgan fingerprint density at radius 2 is 1.61 bits per heavy atom. The average Bonchev–Trinajstić information content (AvgIpc) is 2.78. The number of pyridine rings is 1. The number of carbonyl (C=O) groups excluding carboxylic acids is 1. The summed E-state index contributed by atoms with van der Waals surface area (Å²) in [5.41, 5.74) is 0.461. The summed E-state index contributed by atoms with van der Waals surface area (Å²) in [4.78, 5) is 16.3. The summed E-state index contributed by atoms with van der Waals surface area (Å²) in [6.45, 7) is -0.171. The van der Waals surface area contributed by atoms with Gasteiger partial charge in [0.2, 0.25) is 0 Å². The van der Waals surface area contributed by atoms with Crippen molar-refractivity contribution in [3.05, 3.63) is 91.1 Å². The van der Waals surface area contributed by atoms with Crippen LogP contribution in [-0.2, 0) is 14.8 Å². The van der Waals surface area contributed by atoms with E-state index in [0.717, 1.165) is 10.8 Å². The van der Waals surface area contributed by atoms with Gasteiger partial charge in [0.05, 0.1) is 4.90 Å². The molecule has 156 valence electrons. The van der Waals surface area contributed by atoms with Crippen LogP contribution < -0.4 is 14.8 Å². The molecule has 0 aliphatic carbocycles. The zero-order valence-corrected chi connectivity index (χ0v) is 17.2. The van der Waals surface area contributed by atoms with Crippen LogP contribution in [0.1, 0.15) is 0 Å². The van der Waals surface area contributed by atoms with Gasteiger partial charge >= 0.3 is 0 Å². The average molecular weight is 433 g/mol. The van der Waals surface area contributed by atoms with E-state index in [0.29, 0.717) is 11.4 Å². The molecule has 0 atom stereocenters. The number of amides is 1. The highest BCUT2D eigenvalue weighted by atomic mass is 32.2. The van der Waals surface area contributed by atoms with Gasteiger partial charge in [0, 0.05) is 17.3 Å². The van der Waals surface area contributed by atoms with Gasteiger partial charge in [-0.2, -0.15) is 0 Å². The minimum absolute atomic E-state index is 0.0585. The number of nitrogens with zero attached hydrogens (tertiary/aromatic N) is 1. The molecule has 2 N–H and O–H groups in total.